The smallest absolute Gasteiger partial charge is 0.237 e. The summed E-state index contributed by atoms with van der Waals surface area (Å²) in [5.74, 6) is 2.19. The zero-order valence-electron chi connectivity index (χ0n) is 17.0. The summed E-state index contributed by atoms with van der Waals surface area (Å²) in [6.45, 7) is 8.53. The fourth-order valence-electron chi connectivity index (χ4n) is 3.14. The van der Waals surface area contributed by atoms with Crippen molar-refractivity contribution in [2.45, 2.75) is 44.5 Å². The van der Waals surface area contributed by atoms with Crippen molar-refractivity contribution in [1.29, 1.82) is 0 Å². The molecule has 0 atom stereocenters. The molecule has 29 heavy (non-hydrogen) atoms. The average molecular weight is 406 g/mol. The molecule has 0 fully saturated rings. The Hall–Kier alpha value is -2.93. The van der Waals surface area contributed by atoms with Gasteiger partial charge in [0.25, 0.3) is 0 Å². The molecule has 4 aromatic rings. The Morgan fingerprint density at radius 3 is 2.59 bits per heavy atom. The summed E-state index contributed by atoms with van der Waals surface area (Å²) in [5, 5.41) is 13.2. The highest BCUT2D eigenvalue weighted by molar-refractivity contribution is 7.98. The minimum atomic E-state index is 0.496. The van der Waals surface area contributed by atoms with Crippen molar-refractivity contribution < 1.29 is 4.52 Å². The summed E-state index contributed by atoms with van der Waals surface area (Å²) in [6, 6.07) is 14.6. The SMILES string of the molecule is Cc1ccc(-n2cnnc2SCc2nc(-c3ccc(C(C)C)cc3)no2)c(C)c1. The van der Waals surface area contributed by atoms with E-state index in [1.54, 1.807) is 6.33 Å². The summed E-state index contributed by atoms with van der Waals surface area (Å²) in [4.78, 5) is 4.53. The van der Waals surface area contributed by atoms with E-state index in [0.717, 1.165) is 16.4 Å². The first-order valence-corrected chi connectivity index (χ1v) is 10.5. The van der Waals surface area contributed by atoms with Crippen LogP contribution >= 0.6 is 11.8 Å². The third kappa shape index (κ3) is 4.24. The van der Waals surface area contributed by atoms with E-state index in [9.17, 15) is 0 Å². The van der Waals surface area contributed by atoms with Gasteiger partial charge < -0.3 is 4.52 Å². The number of hydrogen-bond acceptors (Lipinski definition) is 6. The summed E-state index contributed by atoms with van der Waals surface area (Å²) in [5.41, 5.74) is 5.72. The van der Waals surface area contributed by atoms with Crippen molar-refractivity contribution in [3.8, 4) is 17.1 Å². The molecule has 0 unspecified atom stereocenters. The Morgan fingerprint density at radius 2 is 1.86 bits per heavy atom. The Balaban J connectivity index is 1.48. The number of thioether (sulfide) groups is 1. The quantitative estimate of drug-likeness (QED) is 0.403. The fourth-order valence-corrected chi connectivity index (χ4v) is 3.90. The van der Waals surface area contributed by atoms with Crippen LogP contribution < -0.4 is 0 Å². The first kappa shape index (κ1) is 19.4. The van der Waals surface area contributed by atoms with Gasteiger partial charge in [-0.15, -0.1) is 10.2 Å². The zero-order valence-corrected chi connectivity index (χ0v) is 17.8. The van der Waals surface area contributed by atoms with E-state index < -0.39 is 0 Å². The first-order valence-electron chi connectivity index (χ1n) is 9.54. The highest BCUT2D eigenvalue weighted by Gasteiger charge is 2.14. The molecule has 0 saturated carbocycles. The molecule has 0 radical (unpaired) electrons. The van der Waals surface area contributed by atoms with Crippen LogP contribution in [0.2, 0.25) is 0 Å². The Kier molecular flexibility index (Phi) is 5.49. The highest BCUT2D eigenvalue weighted by Crippen LogP contribution is 2.26. The number of rotatable bonds is 6. The monoisotopic (exact) mass is 405 g/mol. The number of hydrogen-bond donors (Lipinski definition) is 0. The lowest BCUT2D eigenvalue weighted by Crippen LogP contribution is -1.98. The number of nitrogens with zero attached hydrogens (tertiary/aromatic N) is 5. The van der Waals surface area contributed by atoms with Crippen LogP contribution in [0, 0.1) is 13.8 Å². The van der Waals surface area contributed by atoms with Crippen LogP contribution in [0.1, 0.15) is 42.3 Å². The fraction of sp³-hybridized carbons (Fsp3) is 0.273. The number of aromatic nitrogens is 5. The van der Waals surface area contributed by atoms with Gasteiger partial charge >= 0.3 is 0 Å². The van der Waals surface area contributed by atoms with Crippen LogP contribution in [0.4, 0.5) is 0 Å². The molecule has 7 heteroatoms. The second kappa shape index (κ2) is 8.21. The van der Waals surface area contributed by atoms with Crippen molar-refractivity contribution in [3.05, 3.63) is 71.4 Å². The maximum absolute atomic E-state index is 5.44. The molecule has 148 valence electrons. The largest absolute Gasteiger partial charge is 0.338 e. The van der Waals surface area contributed by atoms with Gasteiger partial charge in [-0.1, -0.05) is 72.7 Å². The molecule has 0 N–H and O–H groups in total. The maximum atomic E-state index is 5.44. The second-order valence-corrected chi connectivity index (χ2v) is 8.29. The molecular formula is C22H23N5OS. The lowest BCUT2D eigenvalue weighted by Gasteiger charge is -2.09. The molecule has 6 nitrogen and oxygen atoms in total. The molecule has 2 heterocycles. The van der Waals surface area contributed by atoms with Gasteiger partial charge in [-0.3, -0.25) is 4.57 Å². The van der Waals surface area contributed by atoms with Gasteiger partial charge in [-0.25, -0.2) is 0 Å². The summed E-state index contributed by atoms with van der Waals surface area (Å²) < 4.78 is 7.43. The minimum absolute atomic E-state index is 0.496. The molecule has 0 bridgehead atoms. The maximum Gasteiger partial charge on any atom is 0.237 e. The van der Waals surface area contributed by atoms with Crippen molar-refractivity contribution in [2.75, 3.05) is 0 Å². The lowest BCUT2D eigenvalue weighted by atomic mass is 10.0. The molecule has 2 aromatic carbocycles. The average Bonchev–Trinajstić information content (AvgIpc) is 3.36. The predicted octanol–water partition coefficient (Wildman–Crippen LogP) is 5.35. The van der Waals surface area contributed by atoms with Crippen molar-refractivity contribution in [2.24, 2.45) is 0 Å². The second-order valence-electron chi connectivity index (χ2n) is 7.35. The third-order valence-electron chi connectivity index (χ3n) is 4.76. The summed E-state index contributed by atoms with van der Waals surface area (Å²) in [7, 11) is 0. The van der Waals surface area contributed by atoms with E-state index in [2.05, 4.69) is 78.4 Å². The molecule has 0 saturated heterocycles. The summed E-state index contributed by atoms with van der Waals surface area (Å²) in [6.07, 6.45) is 1.73. The Bertz CT molecular complexity index is 1110. The van der Waals surface area contributed by atoms with Gasteiger partial charge in [-0.05, 0) is 37.0 Å². The van der Waals surface area contributed by atoms with E-state index in [-0.39, 0.29) is 0 Å². The number of aryl methyl sites for hydroxylation is 2. The Labute approximate surface area is 174 Å². The van der Waals surface area contributed by atoms with Gasteiger partial charge in [0.05, 0.1) is 11.4 Å². The molecule has 0 spiro atoms. The molecule has 0 amide bonds. The molecule has 0 aliphatic rings. The van der Waals surface area contributed by atoms with Gasteiger partial charge in [0.15, 0.2) is 5.16 Å². The first-order chi connectivity index (χ1) is 14.0. The summed E-state index contributed by atoms with van der Waals surface area (Å²) >= 11 is 1.52. The minimum Gasteiger partial charge on any atom is -0.338 e. The van der Waals surface area contributed by atoms with E-state index in [1.807, 2.05) is 16.7 Å². The molecule has 0 aliphatic heterocycles. The molecule has 4 rings (SSSR count). The van der Waals surface area contributed by atoms with E-state index in [0.29, 0.717) is 23.4 Å². The van der Waals surface area contributed by atoms with Gasteiger partial charge in [0.1, 0.15) is 6.33 Å². The lowest BCUT2D eigenvalue weighted by molar-refractivity contribution is 0.391. The highest BCUT2D eigenvalue weighted by atomic mass is 32.2. The van der Waals surface area contributed by atoms with Gasteiger partial charge in [-0.2, -0.15) is 4.98 Å². The van der Waals surface area contributed by atoms with Gasteiger partial charge in [0, 0.05) is 5.56 Å². The van der Waals surface area contributed by atoms with Crippen molar-refractivity contribution >= 4 is 11.8 Å². The standard InChI is InChI=1S/C22H23N5OS/c1-14(2)17-6-8-18(9-7-17)21-24-20(28-26-21)12-29-22-25-23-13-27(22)19-10-5-15(3)11-16(19)4/h5-11,13-14H,12H2,1-4H3. The molecule has 2 aromatic heterocycles. The van der Waals surface area contributed by atoms with E-state index in [1.165, 1.54) is 28.5 Å². The normalized spacial score (nSPS) is 11.3. The van der Waals surface area contributed by atoms with Crippen LogP contribution in [0.15, 0.2) is 58.5 Å². The number of benzene rings is 2. The van der Waals surface area contributed by atoms with Gasteiger partial charge in [0.2, 0.25) is 11.7 Å². The molecule has 0 aliphatic carbocycles. The van der Waals surface area contributed by atoms with Crippen LogP contribution in [0.3, 0.4) is 0 Å². The van der Waals surface area contributed by atoms with E-state index in [4.69, 9.17) is 4.52 Å². The molecular weight excluding hydrogens is 382 g/mol. The van der Waals surface area contributed by atoms with E-state index >= 15 is 0 Å². The Morgan fingerprint density at radius 1 is 1.07 bits per heavy atom. The zero-order chi connectivity index (χ0) is 20.4. The van der Waals surface area contributed by atoms with Crippen LogP contribution in [-0.4, -0.2) is 24.9 Å². The third-order valence-corrected chi connectivity index (χ3v) is 5.68. The van der Waals surface area contributed by atoms with Crippen LogP contribution in [-0.2, 0) is 5.75 Å². The predicted molar refractivity (Wildman–Crippen MR) is 114 cm³/mol. The van der Waals surface area contributed by atoms with Crippen molar-refractivity contribution in [1.82, 2.24) is 24.9 Å². The topological polar surface area (TPSA) is 69.6 Å². The van der Waals surface area contributed by atoms with Crippen LogP contribution in [0.5, 0.6) is 0 Å². The van der Waals surface area contributed by atoms with Crippen LogP contribution in [0.25, 0.3) is 17.1 Å². The van der Waals surface area contributed by atoms with Crippen molar-refractivity contribution in [3.63, 3.8) is 0 Å².